The number of ether oxygens (including phenoxy) is 1. The smallest absolute Gasteiger partial charge is 0.253 e. The largest absolute Gasteiger partial charge is 0.493 e. The second-order valence-corrected chi connectivity index (χ2v) is 8.01. The van der Waals surface area contributed by atoms with Gasteiger partial charge in [-0.1, -0.05) is 24.3 Å². The van der Waals surface area contributed by atoms with E-state index < -0.39 is 0 Å². The summed E-state index contributed by atoms with van der Waals surface area (Å²) in [5.41, 5.74) is 2.21. The maximum Gasteiger partial charge on any atom is 0.253 e. The van der Waals surface area contributed by atoms with Crippen molar-refractivity contribution in [2.24, 2.45) is 0 Å². The molecule has 2 aromatic carbocycles. The molecule has 32 heavy (non-hydrogen) atoms. The highest BCUT2D eigenvalue weighted by molar-refractivity contribution is 5.96. The van der Waals surface area contributed by atoms with Crippen molar-refractivity contribution in [1.82, 2.24) is 9.80 Å². The van der Waals surface area contributed by atoms with Gasteiger partial charge in [-0.05, 0) is 49.6 Å². The summed E-state index contributed by atoms with van der Waals surface area (Å²) in [7, 11) is 0. The number of nitrogens with one attached hydrogen (secondary N) is 1. The average Bonchev–Trinajstić information content (AvgIpc) is 3.03. The lowest BCUT2D eigenvalue weighted by molar-refractivity contribution is -0.131. The zero-order valence-electron chi connectivity index (χ0n) is 18.8. The fourth-order valence-electron chi connectivity index (χ4n) is 3.77. The van der Waals surface area contributed by atoms with Gasteiger partial charge < -0.3 is 19.9 Å². The van der Waals surface area contributed by atoms with Crippen LogP contribution in [0, 0.1) is 6.92 Å². The molecule has 0 aromatic heterocycles. The van der Waals surface area contributed by atoms with Crippen LogP contribution in [0.1, 0.15) is 42.1 Å². The molecule has 0 aliphatic carbocycles. The number of carbonyl (C=O) groups is 3. The second-order valence-electron chi connectivity index (χ2n) is 8.01. The number of hydrogen-bond acceptors (Lipinski definition) is 4. The Hall–Kier alpha value is -3.35. The van der Waals surface area contributed by atoms with Gasteiger partial charge in [0.2, 0.25) is 11.8 Å². The van der Waals surface area contributed by atoms with Gasteiger partial charge in [-0.15, -0.1) is 0 Å². The van der Waals surface area contributed by atoms with Crippen molar-refractivity contribution in [3.63, 3.8) is 0 Å². The molecule has 1 fully saturated rings. The molecule has 0 saturated carbocycles. The summed E-state index contributed by atoms with van der Waals surface area (Å²) in [4.78, 5) is 40.5. The lowest BCUT2D eigenvalue weighted by atomic mass is 10.1. The van der Waals surface area contributed by atoms with Crippen molar-refractivity contribution in [1.29, 1.82) is 0 Å². The maximum atomic E-state index is 12.9. The lowest BCUT2D eigenvalue weighted by Gasteiger charge is -2.22. The molecule has 3 amide bonds. The minimum absolute atomic E-state index is 0.0851. The molecule has 1 N–H and O–H groups in total. The number of hydrogen-bond donors (Lipinski definition) is 1. The van der Waals surface area contributed by atoms with Crippen LogP contribution in [0.5, 0.6) is 5.75 Å². The number of rotatable bonds is 7. The third-order valence-electron chi connectivity index (χ3n) is 5.45. The summed E-state index contributed by atoms with van der Waals surface area (Å²) in [6.45, 7) is 6.20. The van der Waals surface area contributed by atoms with Crippen molar-refractivity contribution >= 4 is 23.4 Å². The third kappa shape index (κ3) is 6.57. The predicted molar refractivity (Wildman–Crippen MR) is 124 cm³/mol. The first-order chi connectivity index (χ1) is 15.4. The van der Waals surface area contributed by atoms with Crippen molar-refractivity contribution in [2.45, 2.75) is 33.1 Å². The van der Waals surface area contributed by atoms with E-state index in [0.29, 0.717) is 56.9 Å². The van der Waals surface area contributed by atoms with Gasteiger partial charge in [-0.3, -0.25) is 14.4 Å². The highest BCUT2D eigenvalue weighted by Gasteiger charge is 2.23. The van der Waals surface area contributed by atoms with Gasteiger partial charge in [-0.2, -0.15) is 0 Å². The van der Waals surface area contributed by atoms with Gasteiger partial charge >= 0.3 is 0 Å². The molecule has 1 aliphatic heterocycles. The summed E-state index contributed by atoms with van der Waals surface area (Å²) in [6, 6.07) is 14.8. The van der Waals surface area contributed by atoms with E-state index in [4.69, 9.17) is 4.74 Å². The van der Waals surface area contributed by atoms with E-state index in [2.05, 4.69) is 5.32 Å². The molecule has 1 heterocycles. The Labute approximate surface area is 189 Å². The molecule has 1 aliphatic rings. The van der Waals surface area contributed by atoms with E-state index in [1.54, 1.807) is 29.2 Å². The number of para-hydroxylation sites is 1. The molecule has 0 atom stereocenters. The number of anilines is 1. The van der Waals surface area contributed by atoms with E-state index in [-0.39, 0.29) is 17.7 Å². The van der Waals surface area contributed by atoms with Gasteiger partial charge in [0.1, 0.15) is 5.75 Å². The van der Waals surface area contributed by atoms with Gasteiger partial charge in [-0.25, -0.2) is 0 Å². The van der Waals surface area contributed by atoms with Crippen LogP contribution in [-0.2, 0) is 9.59 Å². The minimum atomic E-state index is -0.178. The zero-order valence-corrected chi connectivity index (χ0v) is 18.8. The molecule has 170 valence electrons. The Morgan fingerprint density at radius 2 is 1.72 bits per heavy atom. The summed E-state index contributed by atoms with van der Waals surface area (Å²) < 4.78 is 5.78. The average molecular weight is 438 g/mol. The number of nitrogens with zero attached hydrogens (tertiary/aromatic N) is 2. The Kier molecular flexibility index (Phi) is 8.25. The van der Waals surface area contributed by atoms with Crippen molar-refractivity contribution in [3.05, 3.63) is 59.7 Å². The number of amides is 3. The number of carbonyl (C=O) groups excluding carboxylic acids is 3. The Morgan fingerprint density at radius 3 is 2.50 bits per heavy atom. The lowest BCUT2D eigenvalue weighted by Crippen LogP contribution is -2.37. The third-order valence-corrected chi connectivity index (χ3v) is 5.45. The van der Waals surface area contributed by atoms with Crippen LogP contribution in [0.15, 0.2) is 48.5 Å². The van der Waals surface area contributed by atoms with Crippen LogP contribution in [0.25, 0.3) is 0 Å². The Balaban J connectivity index is 1.47. The highest BCUT2D eigenvalue weighted by atomic mass is 16.5. The van der Waals surface area contributed by atoms with Gasteiger partial charge in [0.25, 0.3) is 5.91 Å². The molecule has 7 heteroatoms. The second kappa shape index (κ2) is 11.3. The van der Waals surface area contributed by atoms with Crippen LogP contribution in [0.3, 0.4) is 0 Å². The zero-order chi connectivity index (χ0) is 22.9. The quantitative estimate of drug-likeness (QED) is 0.673. The molecule has 0 spiro atoms. The standard InChI is InChI=1S/C25H31N3O4/c1-19-8-3-4-11-23(19)32-17-6-12-24(30)27-13-7-14-28(16-15-27)25(31)21-9-5-10-22(18-21)26-20(2)29/h3-5,8-11,18H,6-7,12-17H2,1-2H3,(H,26,29). The summed E-state index contributed by atoms with van der Waals surface area (Å²) in [5.74, 6) is 0.688. The summed E-state index contributed by atoms with van der Waals surface area (Å²) in [5, 5.41) is 2.70. The molecule has 7 nitrogen and oxygen atoms in total. The normalized spacial score (nSPS) is 13.9. The van der Waals surface area contributed by atoms with Crippen molar-refractivity contribution < 1.29 is 19.1 Å². The van der Waals surface area contributed by atoms with Gasteiger partial charge in [0.15, 0.2) is 0 Å². The fraction of sp³-hybridized carbons (Fsp3) is 0.400. The van der Waals surface area contributed by atoms with Crippen LogP contribution < -0.4 is 10.1 Å². The summed E-state index contributed by atoms with van der Waals surface area (Å²) in [6.07, 6.45) is 1.82. The molecular formula is C25H31N3O4. The fourth-order valence-corrected chi connectivity index (χ4v) is 3.77. The highest BCUT2D eigenvalue weighted by Crippen LogP contribution is 2.17. The van der Waals surface area contributed by atoms with Crippen LogP contribution in [-0.4, -0.2) is 60.3 Å². The van der Waals surface area contributed by atoms with E-state index >= 15 is 0 Å². The van der Waals surface area contributed by atoms with E-state index in [1.807, 2.05) is 36.1 Å². The Bertz CT molecular complexity index is 960. The maximum absolute atomic E-state index is 12.9. The van der Waals surface area contributed by atoms with Gasteiger partial charge in [0.05, 0.1) is 6.61 Å². The van der Waals surface area contributed by atoms with Crippen LogP contribution >= 0.6 is 0 Å². The summed E-state index contributed by atoms with van der Waals surface area (Å²) >= 11 is 0. The van der Waals surface area contributed by atoms with Crippen molar-refractivity contribution in [3.8, 4) is 5.75 Å². The first kappa shape index (κ1) is 23.3. The Morgan fingerprint density at radius 1 is 0.969 bits per heavy atom. The van der Waals surface area contributed by atoms with Crippen LogP contribution in [0.2, 0.25) is 0 Å². The first-order valence-electron chi connectivity index (χ1n) is 11.1. The number of benzene rings is 2. The van der Waals surface area contributed by atoms with E-state index in [0.717, 1.165) is 17.7 Å². The molecule has 3 rings (SSSR count). The monoisotopic (exact) mass is 437 g/mol. The topological polar surface area (TPSA) is 79.0 Å². The SMILES string of the molecule is CC(=O)Nc1cccc(C(=O)N2CCCN(C(=O)CCCOc3ccccc3C)CC2)c1. The molecule has 0 bridgehead atoms. The molecule has 0 unspecified atom stereocenters. The predicted octanol–water partition coefficient (Wildman–Crippen LogP) is 3.49. The van der Waals surface area contributed by atoms with E-state index in [9.17, 15) is 14.4 Å². The van der Waals surface area contributed by atoms with E-state index in [1.165, 1.54) is 6.92 Å². The minimum Gasteiger partial charge on any atom is -0.493 e. The molecule has 2 aromatic rings. The molecular weight excluding hydrogens is 406 g/mol. The first-order valence-corrected chi connectivity index (χ1v) is 11.1. The molecule has 0 radical (unpaired) electrons. The molecule has 1 saturated heterocycles. The van der Waals surface area contributed by atoms with Gasteiger partial charge in [0, 0.05) is 50.8 Å². The van der Waals surface area contributed by atoms with Crippen molar-refractivity contribution in [2.75, 3.05) is 38.1 Å². The number of aryl methyl sites for hydroxylation is 1. The van der Waals surface area contributed by atoms with Crippen LogP contribution in [0.4, 0.5) is 5.69 Å².